The van der Waals surface area contributed by atoms with Gasteiger partial charge in [0.05, 0.1) is 24.6 Å². The first-order valence-electron chi connectivity index (χ1n) is 7.69. The average Bonchev–Trinajstić information content (AvgIpc) is 3.08. The van der Waals surface area contributed by atoms with Gasteiger partial charge in [0.1, 0.15) is 5.75 Å². The van der Waals surface area contributed by atoms with Crippen molar-refractivity contribution in [2.75, 3.05) is 12.4 Å². The molecule has 0 unspecified atom stereocenters. The number of amides is 1. The van der Waals surface area contributed by atoms with E-state index < -0.39 is 17.8 Å². The fourth-order valence-electron chi connectivity index (χ4n) is 4.16. The van der Waals surface area contributed by atoms with Crippen LogP contribution in [-0.4, -0.2) is 24.1 Å². The van der Waals surface area contributed by atoms with E-state index in [2.05, 4.69) is 5.32 Å². The minimum absolute atomic E-state index is 0.151. The maximum absolute atomic E-state index is 12.7. The molecule has 2 aliphatic carbocycles. The van der Waals surface area contributed by atoms with Crippen LogP contribution in [0, 0.1) is 30.6 Å². The normalized spacial score (nSPS) is 29.4. The first-order valence-corrected chi connectivity index (χ1v) is 7.69. The molecule has 0 aliphatic heterocycles. The SMILES string of the molecule is COc1ccc(C)cc1NC(=O)[C@H]1[C@@H]2CC[C@@H](C2)[C@@H]1C(=O)O. The summed E-state index contributed by atoms with van der Waals surface area (Å²) < 4.78 is 5.27. The number of carboxylic acid groups (broad SMARTS) is 1. The van der Waals surface area contributed by atoms with Crippen LogP contribution in [0.25, 0.3) is 0 Å². The highest BCUT2D eigenvalue weighted by atomic mass is 16.5. The Morgan fingerprint density at radius 3 is 2.55 bits per heavy atom. The summed E-state index contributed by atoms with van der Waals surface area (Å²) in [5.41, 5.74) is 1.62. The summed E-state index contributed by atoms with van der Waals surface area (Å²) in [6.07, 6.45) is 2.75. The number of anilines is 1. The minimum atomic E-state index is -0.844. The molecule has 2 saturated carbocycles. The Morgan fingerprint density at radius 2 is 1.91 bits per heavy atom. The van der Waals surface area contributed by atoms with Crippen LogP contribution >= 0.6 is 0 Å². The summed E-state index contributed by atoms with van der Waals surface area (Å²) in [4.78, 5) is 24.2. The zero-order chi connectivity index (χ0) is 15.9. The van der Waals surface area contributed by atoms with Gasteiger partial charge in [-0.25, -0.2) is 0 Å². The molecule has 3 rings (SSSR count). The van der Waals surface area contributed by atoms with Gasteiger partial charge in [0.15, 0.2) is 0 Å². The standard InChI is InChI=1S/C17H21NO4/c1-9-3-6-13(22-2)12(7-9)18-16(19)14-10-4-5-11(8-10)15(14)17(20)21/h3,6-7,10-11,14-15H,4-5,8H2,1-2H3,(H,18,19)(H,20,21)/t10-,11+,14+,15+/m1/s1. The summed E-state index contributed by atoms with van der Waals surface area (Å²) in [7, 11) is 1.55. The van der Waals surface area contributed by atoms with Gasteiger partial charge in [-0.2, -0.15) is 0 Å². The number of nitrogens with one attached hydrogen (secondary N) is 1. The number of carbonyl (C=O) groups excluding carboxylic acids is 1. The van der Waals surface area contributed by atoms with E-state index in [0.717, 1.165) is 24.8 Å². The highest BCUT2D eigenvalue weighted by Gasteiger charge is 2.54. The monoisotopic (exact) mass is 303 g/mol. The highest BCUT2D eigenvalue weighted by Crippen LogP contribution is 2.52. The van der Waals surface area contributed by atoms with Gasteiger partial charge >= 0.3 is 5.97 Å². The van der Waals surface area contributed by atoms with Crippen molar-refractivity contribution in [3.05, 3.63) is 23.8 Å². The molecular formula is C17H21NO4. The van der Waals surface area contributed by atoms with Gasteiger partial charge in [0.25, 0.3) is 0 Å². The number of hydrogen-bond acceptors (Lipinski definition) is 3. The number of carboxylic acids is 1. The van der Waals surface area contributed by atoms with Crippen molar-refractivity contribution in [1.82, 2.24) is 0 Å². The second kappa shape index (κ2) is 5.63. The summed E-state index contributed by atoms with van der Waals surface area (Å²) in [6.45, 7) is 1.94. The molecule has 118 valence electrons. The Hall–Kier alpha value is -2.04. The van der Waals surface area contributed by atoms with Crippen LogP contribution in [0.3, 0.4) is 0 Å². The fourth-order valence-corrected chi connectivity index (χ4v) is 4.16. The van der Waals surface area contributed by atoms with Gasteiger partial charge in [0.2, 0.25) is 5.91 Å². The van der Waals surface area contributed by atoms with Gasteiger partial charge in [-0.1, -0.05) is 6.07 Å². The molecule has 2 aliphatic rings. The Balaban J connectivity index is 1.82. The van der Waals surface area contributed by atoms with Crippen molar-refractivity contribution < 1.29 is 19.4 Å². The maximum Gasteiger partial charge on any atom is 0.307 e. The first kappa shape index (κ1) is 14.9. The van der Waals surface area contributed by atoms with Crippen molar-refractivity contribution in [1.29, 1.82) is 0 Å². The van der Waals surface area contributed by atoms with Crippen LogP contribution in [0.1, 0.15) is 24.8 Å². The van der Waals surface area contributed by atoms with Gasteiger partial charge in [-0.15, -0.1) is 0 Å². The molecule has 0 aromatic heterocycles. The molecular weight excluding hydrogens is 282 g/mol. The lowest BCUT2D eigenvalue weighted by Crippen LogP contribution is -2.37. The molecule has 2 bridgehead atoms. The van der Waals surface area contributed by atoms with Crippen LogP contribution in [0.15, 0.2) is 18.2 Å². The first-order chi connectivity index (χ1) is 10.5. The molecule has 0 heterocycles. The smallest absolute Gasteiger partial charge is 0.307 e. The van der Waals surface area contributed by atoms with Crippen LogP contribution in [-0.2, 0) is 9.59 Å². The number of ether oxygens (including phenoxy) is 1. The number of aliphatic carboxylic acids is 1. The highest BCUT2D eigenvalue weighted by molar-refractivity contribution is 5.97. The molecule has 2 N–H and O–H groups in total. The number of aryl methyl sites for hydroxylation is 1. The molecule has 0 saturated heterocycles. The van der Waals surface area contributed by atoms with E-state index in [-0.39, 0.29) is 17.7 Å². The predicted molar refractivity (Wildman–Crippen MR) is 81.8 cm³/mol. The second-order valence-electron chi connectivity index (χ2n) is 6.42. The summed E-state index contributed by atoms with van der Waals surface area (Å²) in [5.74, 6) is -1.07. The minimum Gasteiger partial charge on any atom is -0.495 e. The van der Waals surface area contributed by atoms with E-state index in [4.69, 9.17) is 4.74 Å². The Kier molecular flexibility index (Phi) is 3.81. The Labute approximate surface area is 129 Å². The quantitative estimate of drug-likeness (QED) is 0.896. The van der Waals surface area contributed by atoms with Gasteiger partial charge in [0, 0.05) is 0 Å². The molecule has 1 aromatic carbocycles. The number of methoxy groups -OCH3 is 1. The van der Waals surface area contributed by atoms with E-state index >= 15 is 0 Å². The summed E-state index contributed by atoms with van der Waals surface area (Å²) in [5, 5.41) is 12.3. The van der Waals surface area contributed by atoms with Gasteiger partial charge in [-0.05, 0) is 55.7 Å². The lowest BCUT2D eigenvalue weighted by atomic mass is 9.78. The molecule has 0 spiro atoms. The number of fused-ring (bicyclic) bond motifs is 2. The molecule has 4 atom stereocenters. The van der Waals surface area contributed by atoms with Crippen molar-refractivity contribution in [3.63, 3.8) is 0 Å². The number of hydrogen-bond donors (Lipinski definition) is 2. The van der Waals surface area contributed by atoms with E-state index in [1.165, 1.54) is 0 Å². The lowest BCUT2D eigenvalue weighted by Gasteiger charge is -2.27. The molecule has 5 heteroatoms. The van der Waals surface area contributed by atoms with Crippen molar-refractivity contribution in [2.45, 2.75) is 26.2 Å². The third-order valence-electron chi connectivity index (χ3n) is 5.12. The predicted octanol–water partition coefficient (Wildman–Crippen LogP) is 2.69. The summed E-state index contributed by atoms with van der Waals surface area (Å²) in [6, 6.07) is 5.56. The third-order valence-corrected chi connectivity index (χ3v) is 5.12. The van der Waals surface area contributed by atoms with Crippen LogP contribution in [0.5, 0.6) is 5.75 Å². The summed E-state index contributed by atoms with van der Waals surface area (Å²) >= 11 is 0. The molecule has 0 radical (unpaired) electrons. The average molecular weight is 303 g/mol. The second-order valence-corrected chi connectivity index (χ2v) is 6.42. The number of benzene rings is 1. The fraction of sp³-hybridized carbons (Fsp3) is 0.529. The van der Waals surface area contributed by atoms with Crippen molar-refractivity contribution in [2.24, 2.45) is 23.7 Å². The lowest BCUT2D eigenvalue weighted by molar-refractivity contribution is -0.148. The Morgan fingerprint density at radius 1 is 1.23 bits per heavy atom. The third kappa shape index (κ3) is 2.45. The molecule has 2 fully saturated rings. The van der Waals surface area contributed by atoms with E-state index in [0.29, 0.717) is 11.4 Å². The maximum atomic E-state index is 12.7. The van der Waals surface area contributed by atoms with Crippen molar-refractivity contribution in [3.8, 4) is 5.75 Å². The van der Waals surface area contributed by atoms with Crippen LogP contribution in [0.4, 0.5) is 5.69 Å². The zero-order valence-electron chi connectivity index (χ0n) is 12.8. The molecule has 1 amide bonds. The zero-order valence-corrected chi connectivity index (χ0v) is 12.8. The van der Waals surface area contributed by atoms with E-state index in [1.54, 1.807) is 13.2 Å². The van der Waals surface area contributed by atoms with Crippen LogP contribution in [0.2, 0.25) is 0 Å². The van der Waals surface area contributed by atoms with Crippen LogP contribution < -0.4 is 10.1 Å². The molecule has 5 nitrogen and oxygen atoms in total. The Bertz CT molecular complexity index is 613. The molecule has 22 heavy (non-hydrogen) atoms. The number of rotatable bonds is 4. The molecule has 1 aromatic rings. The van der Waals surface area contributed by atoms with Crippen molar-refractivity contribution >= 4 is 17.6 Å². The van der Waals surface area contributed by atoms with E-state index in [1.807, 2.05) is 19.1 Å². The van der Waals surface area contributed by atoms with E-state index in [9.17, 15) is 14.7 Å². The number of carbonyl (C=O) groups is 2. The largest absolute Gasteiger partial charge is 0.495 e. The topological polar surface area (TPSA) is 75.6 Å². The van der Waals surface area contributed by atoms with Gasteiger partial charge < -0.3 is 15.2 Å². The van der Waals surface area contributed by atoms with Gasteiger partial charge in [-0.3, -0.25) is 9.59 Å².